The van der Waals surface area contributed by atoms with E-state index in [0.29, 0.717) is 0 Å². The molecule has 3 nitrogen and oxygen atoms in total. The van der Waals surface area contributed by atoms with Crippen LogP contribution < -0.4 is 5.32 Å². The number of nitrogens with zero attached hydrogens (tertiary/aromatic N) is 1. The van der Waals surface area contributed by atoms with Gasteiger partial charge in [-0.1, -0.05) is 30.3 Å². The van der Waals surface area contributed by atoms with Gasteiger partial charge in [0.25, 0.3) is 0 Å². The standard InChI is InChI=1S/C15H18N2O/c1-12-3-2-4-15(17-12)10-16-9-13-5-7-14(11-18)8-6-13/h2-8,16,18H,9-11H2,1H3. The third-order valence-electron chi connectivity index (χ3n) is 2.79. The molecule has 1 aromatic heterocycles. The minimum Gasteiger partial charge on any atom is -0.392 e. The predicted octanol–water partition coefficient (Wildman–Crippen LogP) is 2.17. The molecule has 2 aromatic rings. The third kappa shape index (κ3) is 3.65. The predicted molar refractivity (Wildman–Crippen MR) is 71.9 cm³/mol. The van der Waals surface area contributed by atoms with Gasteiger partial charge in [0.2, 0.25) is 0 Å². The van der Waals surface area contributed by atoms with Gasteiger partial charge < -0.3 is 10.4 Å². The lowest BCUT2D eigenvalue weighted by Gasteiger charge is -2.06. The highest BCUT2D eigenvalue weighted by molar-refractivity contribution is 5.21. The number of hydrogen-bond donors (Lipinski definition) is 2. The second-order valence-corrected chi connectivity index (χ2v) is 4.35. The smallest absolute Gasteiger partial charge is 0.0681 e. The van der Waals surface area contributed by atoms with Crippen LogP contribution in [0.25, 0.3) is 0 Å². The van der Waals surface area contributed by atoms with E-state index in [4.69, 9.17) is 5.11 Å². The Bertz CT molecular complexity index is 494. The average Bonchev–Trinajstić information content (AvgIpc) is 2.40. The van der Waals surface area contributed by atoms with Gasteiger partial charge in [-0.2, -0.15) is 0 Å². The molecule has 0 aliphatic heterocycles. The first-order chi connectivity index (χ1) is 8.78. The molecule has 94 valence electrons. The van der Waals surface area contributed by atoms with E-state index >= 15 is 0 Å². The van der Waals surface area contributed by atoms with Gasteiger partial charge in [0.1, 0.15) is 0 Å². The Balaban J connectivity index is 1.84. The van der Waals surface area contributed by atoms with E-state index in [-0.39, 0.29) is 6.61 Å². The number of hydrogen-bond acceptors (Lipinski definition) is 3. The SMILES string of the molecule is Cc1cccc(CNCc2ccc(CO)cc2)n1. The van der Waals surface area contributed by atoms with Crippen LogP contribution in [0, 0.1) is 6.92 Å². The molecule has 18 heavy (non-hydrogen) atoms. The molecule has 1 heterocycles. The van der Waals surface area contributed by atoms with Gasteiger partial charge in [0, 0.05) is 18.8 Å². The maximum Gasteiger partial charge on any atom is 0.0681 e. The number of aliphatic hydroxyl groups is 1. The van der Waals surface area contributed by atoms with Crippen molar-refractivity contribution in [3.63, 3.8) is 0 Å². The fraction of sp³-hybridized carbons (Fsp3) is 0.267. The Hall–Kier alpha value is -1.71. The molecule has 0 saturated carbocycles. The molecule has 0 atom stereocenters. The number of pyridine rings is 1. The summed E-state index contributed by atoms with van der Waals surface area (Å²) in [5.74, 6) is 0. The zero-order chi connectivity index (χ0) is 12.8. The molecule has 0 unspecified atom stereocenters. The molecule has 0 radical (unpaired) electrons. The first-order valence-electron chi connectivity index (χ1n) is 6.10. The summed E-state index contributed by atoms with van der Waals surface area (Å²) in [6.07, 6.45) is 0. The van der Waals surface area contributed by atoms with Crippen LogP contribution in [0.15, 0.2) is 42.5 Å². The maximum atomic E-state index is 8.96. The van der Waals surface area contributed by atoms with E-state index in [1.54, 1.807) is 0 Å². The summed E-state index contributed by atoms with van der Waals surface area (Å²) in [6, 6.07) is 14.0. The zero-order valence-electron chi connectivity index (χ0n) is 10.6. The van der Waals surface area contributed by atoms with Crippen LogP contribution >= 0.6 is 0 Å². The highest BCUT2D eigenvalue weighted by atomic mass is 16.3. The number of aliphatic hydroxyl groups excluding tert-OH is 1. The average molecular weight is 242 g/mol. The van der Waals surface area contributed by atoms with E-state index in [0.717, 1.165) is 30.0 Å². The van der Waals surface area contributed by atoms with Crippen molar-refractivity contribution in [1.29, 1.82) is 0 Å². The summed E-state index contributed by atoms with van der Waals surface area (Å²) < 4.78 is 0. The molecule has 0 aliphatic rings. The molecule has 0 amide bonds. The molecule has 1 aromatic carbocycles. The van der Waals surface area contributed by atoms with Crippen LogP contribution in [0.5, 0.6) is 0 Å². The topological polar surface area (TPSA) is 45.1 Å². The Labute approximate surface area is 108 Å². The van der Waals surface area contributed by atoms with Crippen LogP contribution in [-0.2, 0) is 19.7 Å². The highest BCUT2D eigenvalue weighted by Crippen LogP contribution is 2.04. The number of aromatic nitrogens is 1. The number of nitrogens with one attached hydrogen (secondary N) is 1. The summed E-state index contributed by atoms with van der Waals surface area (Å²) in [6.45, 7) is 3.67. The Morgan fingerprint density at radius 3 is 2.39 bits per heavy atom. The summed E-state index contributed by atoms with van der Waals surface area (Å²) in [4.78, 5) is 4.44. The highest BCUT2D eigenvalue weighted by Gasteiger charge is 1.96. The minimum atomic E-state index is 0.0981. The Morgan fingerprint density at radius 1 is 1.00 bits per heavy atom. The third-order valence-corrected chi connectivity index (χ3v) is 2.79. The molecule has 2 rings (SSSR count). The largest absolute Gasteiger partial charge is 0.392 e. The quantitative estimate of drug-likeness (QED) is 0.844. The molecular formula is C15H18N2O. The first-order valence-corrected chi connectivity index (χ1v) is 6.10. The van der Waals surface area contributed by atoms with Crippen molar-refractivity contribution in [3.05, 3.63) is 65.0 Å². The van der Waals surface area contributed by atoms with Crippen LogP contribution in [0.2, 0.25) is 0 Å². The normalized spacial score (nSPS) is 10.6. The van der Waals surface area contributed by atoms with Crippen LogP contribution in [0.3, 0.4) is 0 Å². The number of benzene rings is 1. The molecular weight excluding hydrogens is 224 g/mol. The lowest BCUT2D eigenvalue weighted by molar-refractivity contribution is 0.282. The second kappa shape index (κ2) is 6.28. The van der Waals surface area contributed by atoms with Gasteiger partial charge in [0.15, 0.2) is 0 Å². The van der Waals surface area contributed by atoms with Gasteiger partial charge in [0.05, 0.1) is 12.3 Å². The summed E-state index contributed by atoms with van der Waals surface area (Å²) >= 11 is 0. The van der Waals surface area contributed by atoms with Gasteiger partial charge in [-0.25, -0.2) is 0 Å². The van der Waals surface area contributed by atoms with E-state index in [9.17, 15) is 0 Å². The molecule has 2 N–H and O–H groups in total. The van der Waals surface area contributed by atoms with Crippen molar-refractivity contribution in [2.24, 2.45) is 0 Å². The lowest BCUT2D eigenvalue weighted by Crippen LogP contribution is -2.13. The van der Waals surface area contributed by atoms with E-state index < -0.39 is 0 Å². The second-order valence-electron chi connectivity index (χ2n) is 4.35. The van der Waals surface area contributed by atoms with E-state index in [1.807, 2.05) is 49.4 Å². The monoisotopic (exact) mass is 242 g/mol. The molecule has 0 saturated heterocycles. The Kier molecular flexibility index (Phi) is 4.45. The van der Waals surface area contributed by atoms with Gasteiger partial charge in [-0.05, 0) is 30.2 Å². The molecule has 0 aliphatic carbocycles. The molecule has 0 spiro atoms. The Morgan fingerprint density at radius 2 is 1.72 bits per heavy atom. The van der Waals surface area contributed by atoms with Crippen molar-refractivity contribution in [2.75, 3.05) is 0 Å². The molecule has 0 fully saturated rings. The van der Waals surface area contributed by atoms with Crippen molar-refractivity contribution in [3.8, 4) is 0 Å². The van der Waals surface area contributed by atoms with Crippen molar-refractivity contribution in [2.45, 2.75) is 26.6 Å². The van der Waals surface area contributed by atoms with Crippen molar-refractivity contribution >= 4 is 0 Å². The summed E-state index contributed by atoms with van der Waals surface area (Å²) in [5.41, 5.74) is 4.25. The lowest BCUT2D eigenvalue weighted by atomic mass is 10.1. The fourth-order valence-corrected chi connectivity index (χ4v) is 1.80. The first kappa shape index (κ1) is 12.7. The van der Waals surface area contributed by atoms with Crippen molar-refractivity contribution in [1.82, 2.24) is 10.3 Å². The van der Waals surface area contributed by atoms with Crippen LogP contribution in [0.4, 0.5) is 0 Å². The van der Waals surface area contributed by atoms with Crippen LogP contribution in [0.1, 0.15) is 22.5 Å². The molecule has 0 bridgehead atoms. The van der Waals surface area contributed by atoms with Gasteiger partial charge in [-0.15, -0.1) is 0 Å². The van der Waals surface area contributed by atoms with Crippen LogP contribution in [-0.4, -0.2) is 10.1 Å². The van der Waals surface area contributed by atoms with Gasteiger partial charge in [-0.3, -0.25) is 4.98 Å². The van der Waals surface area contributed by atoms with E-state index in [2.05, 4.69) is 10.3 Å². The van der Waals surface area contributed by atoms with Gasteiger partial charge >= 0.3 is 0 Å². The molecule has 3 heteroatoms. The van der Waals surface area contributed by atoms with E-state index in [1.165, 1.54) is 5.56 Å². The van der Waals surface area contributed by atoms with Crippen molar-refractivity contribution < 1.29 is 5.11 Å². The zero-order valence-corrected chi connectivity index (χ0v) is 10.6. The minimum absolute atomic E-state index is 0.0981. The summed E-state index contributed by atoms with van der Waals surface area (Å²) in [5, 5.41) is 12.3. The fourth-order valence-electron chi connectivity index (χ4n) is 1.80. The number of rotatable bonds is 5. The number of aryl methyl sites for hydroxylation is 1. The summed E-state index contributed by atoms with van der Waals surface area (Å²) in [7, 11) is 0. The maximum absolute atomic E-state index is 8.96.